The molecule has 1 fully saturated rings. The Labute approximate surface area is 107 Å². The van der Waals surface area contributed by atoms with E-state index >= 15 is 0 Å². The molecule has 1 N–H and O–H groups in total. The first-order valence-corrected chi connectivity index (χ1v) is 7.01. The van der Waals surface area contributed by atoms with Crippen molar-refractivity contribution >= 4 is 15.9 Å². The van der Waals surface area contributed by atoms with Gasteiger partial charge < -0.3 is 5.32 Å². The van der Waals surface area contributed by atoms with Crippen LogP contribution >= 0.6 is 15.9 Å². The average molecular weight is 282 g/mol. The summed E-state index contributed by atoms with van der Waals surface area (Å²) in [6.07, 6.45) is 5.25. The third-order valence-electron chi connectivity index (χ3n) is 3.17. The number of benzene rings is 1. The van der Waals surface area contributed by atoms with Gasteiger partial charge in [-0.05, 0) is 55.8 Å². The van der Waals surface area contributed by atoms with E-state index in [1.807, 2.05) is 0 Å². The Bertz CT molecular complexity index is 316. The molecule has 16 heavy (non-hydrogen) atoms. The predicted octanol–water partition coefficient (Wildman–Crippen LogP) is 3.77. The number of aryl methyl sites for hydroxylation is 1. The normalized spacial score (nSPS) is 17.4. The lowest BCUT2D eigenvalue weighted by Crippen LogP contribution is -2.23. The second-order valence-electron chi connectivity index (χ2n) is 4.95. The van der Waals surface area contributed by atoms with Crippen LogP contribution in [-0.2, 0) is 6.42 Å². The van der Waals surface area contributed by atoms with Crippen LogP contribution < -0.4 is 5.32 Å². The summed E-state index contributed by atoms with van der Waals surface area (Å²) < 4.78 is 1.17. The highest BCUT2D eigenvalue weighted by atomic mass is 79.9. The van der Waals surface area contributed by atoms with E-state index in [9.17, 15) is 0 Å². The Morgan fingerprint density at radius 3 is 2.62 bits per heavy atom. The molecule has 1 aliphatic rings. The van der Waals surface area contributed by atoms with Crippen LogP contribution in [0.5, 0.6) is 0 Å². The van der Waals surface area contributed by atoms with Gasteiger partial charge in [0.2, 0.25) is 0 Å². The Morgan fingerprint density at radius 1 is 1.31 bits per heavy atom. The number of nitrogens with one attached hydrogen (secondary N) is 1. The van der Waals surface area contributed by atoms with Crippen LogP contribution in [0.15, 0.2) is 28.7 Å². The average Bonchev–Trinajstić information content (AvgIpc) is 3.09. The van der Waals surface area contributed by atoms with E-state index in [0.29, 0.717) is 0 Å². The Balaban J connectivity index is 1.67. The molecule has 1 aliphatic carbocycles. The Hall–Kier alpha value is -0.340. The van der Waals surface area contributed by atoms with E-state index in [1.54, 1.807) is 0 Å². The topological polar surface area (TPSA) is 12.0 Å². The fourth-order valence-electron chi connectivity index (χ4n) is 1.82. The minimum absolute atomic E-state index is 0.782. The summed E-state index contributed by atoms with van der Waals surface area (Å²) >= 11 is 3.46. The number of hydrogen-bond donors (Lipinski definition) is 1. The van der Waals surface area contributed by atoms with Crippen molar-refractivity contribution in [1.29, 1.82) is 0 Å². The number of rotatable bonds is 6. The molecule has 0 spiro atoms. The fraction of sp³-hybridized carbons (Fsp3) is 0.571. The van der Waals surface area contributed by atoms with Crippen molar-refractivity contribution in [2.45, 2.75) is 38.6 Å². The lowest BCUT2D eigenvalue weighted by molar-refractivity contribution is 0.480. The maximum Gasteiger partial charge on any atom is 0.0175 e. The first kappa shape index (κ1) is 12.1. The quantitative estimate of drug-likeness (QED) is 0.837. The summed E-state index contributed by atoms with van der Waals surface area (Å²) in [5, 5.41) is 3.59. The van der Waals surface area contributed by atoms with Crippen LogP contribution in [0.4, 0.5) is 0 Å². The molecule has 88 valence electrons. The van der Waals surface area contributed by atoms with Crippen LogP contribution in [0.3, 0.4) is 0 Å². The molecule has 0 heterocycles. The zero-order valence-electron chi connectivity index (χ0n) is 9.88. The highest BCUT2D eigenvalue weighted by Crippen LogP contribution is 2.19. The van der Waals surface area contributed by atoms with Crippen molar-refractivity contribution in [2.75, 3.05) is 6.54 Å². The van der Waals surface area contributed by atoms with Gasteiger partial charge in [0, 0.05) is 10.5 Å². The smallest absolute Gasteiger partial charge is 0.0175 e. The first-order chi connectivity index (χ1) is 7.74. The largest absolute Gasteiger partial charge is 0.314 e. The van der Waals surface area contributed by atoms with Crippen molar-refractivity contribution in [3.63, 3.8) is 0 Å². The number of hydrogen-bond acceptors (Lipinski definition) is 1. The Kier molecular flexibility index (Phi) is 4.42. The zero-order chi connectivity index (χ0) is 11.4. The van der Waals surface area contributed by atoms with E-state index in [2.05, 4.69) is 52.4 Å². The van der Waals surface area contributed by atoms with Crippen molar-refractivity contribution in [3.05, 3.63) is 34.3 Å². The molecule has 1 aromatic carbocycles. The monoisotopic (exact) mass is 281 g/mol. The van der Waals surface area contributed by atoms with Gasteiger partial charge in [-0.15, -0.1) is 0 Å². The minimum atomic E-state index is 0.782. The standard InChI is InChI=1S/C14H20BrN/c1-11(10-16-14-8-9-14)2-3-12-4-6-13(15)7-5-12/h4-7,11,14,16H,2-3,8-10H2,1H3. The summed E-state index contributed by atoms with van der Waals surface area (Å²) in [6.45, 7) is 3.52. The van der Waals surface area contributed by atoms with Gasteiger partial charge in [0.1, 0.15) is 0 Å². The second-order valence-corrected chi connectivity index (χ2v) is 5.87. The van der Waals surface area contributed by atoms with E-state index in [4.69, 9.17) is 0 Å². The molecule has 0 saturated heterocycles. The molecule has 0 aliphatic heterocycles. The van der Waals surface area contributed by atoms with Gasteiger partial charge >= 0.3 is 0 Å². The molecule has 1 aromatic rings. The van der Waals surface area contributed by atoms with Crippen molar-refractivity contribution in [1.82, 2.24) is 5.32 Å². The highest BCUT2D eigenvalue weighted by molar-refractivity contribution is 9.10. The SMILES string of the molecule is CC(CCc1ccc(Br)cc1)CNC1CC1. The van der Waals surface area contributed by atoms with Gasteiger partial charge in [-0.25, -0.2) is 0 Å². The van der Waals surface area contributed by atoms with E-state index in [-0.39, 0.29) is 0 Å². The van der Waals surface area contributed by atoms with Crippen LogP contribution in [-0.4, -0.2) is 12.6 Å². The third kappa shape index (κ3) is 4.26. The molecule has 0 radical (unpaired) electrons. The highest BCUT2D eigenvalue weighted by Gasteiger charge is 2.20. The lowest BCUT2D eigenvalue weighted by Gasteiger charge is -2.12. The van der Waals surface area contributed by atoms with Gasteiger partial charge in [-0.1, -0.05) is 35.0 Å². The third-order valence-corrected chi connectivity index (χ3v) is 3.70. The molecule has 2 rings (SSSR count). The predicted molar refractivity (Wildman–Crippen MR) is 72.7 cm³/mol. The van der Waals surface area contributed by atoms with Gasteiger partial charge in [0.05, 0.1) is 0 Å². The van der Waals surface area contributed by atoms with Gasteiger partial charge in [-0.3, -0.25) is 0 Å². The van der Waals surface area contributed by atoms with Crippen LogP contribution in [0.1, 0.15) is 31.7 Å². The second kappa shape index (κ2) is 5.83. The van der Waals surface area contributed by atoms with Gasteiger partial charge in [0.15, 0.2) is 0 Å². The molecule has 1 nitrogen and oxygen atoms in total. The van der Waals surface area contributed by atoms with Crippen molar-refractivity contribution < 1.29 is 0 Å². The van der Waals surface area contributed by atoms with Crippen molar-refractivity contribution in [2.24, 2.45) is 5.92 Å². The summed E-state index contributed by atoms with van der Waals surface area (Å²) in [4.78, 5) is 0. The molecule has 0 amide bonds. The summed E-state index contributed by atoms with van der Waals surface area (Å²) in [5.41, 5.74) is 1.45. The molecule has 0 aromatic heterocycles. The van der Waals surface area contributed by atoms with Crippen LogP contribution in [0.2, 0.25) is 0 Å². The summed E-state index contributed by atoms with van der Waals surface area (Å²) in [7, 11) is 0. The van der Waals surface area contributed by atoms with Gasteiger partial charge in [0.25, 0.3) is 0 Å². The molecule has 0 bridgehead atoms. The Morgan fingerprint density at radius 2 is 2.00 bits per heavy atom. The van der Waals surface area contributed by atoms with E-state index in [0.717, 1.165) is 12.0 Å². The molecule has 1 unspecified atom stereocenters. The zero-order valence-corrected chi connectivity index (χ0v) is 11.5. The van der Waals surface area contributed by atoms with Crippen LogP contribution in [0.25, 0.3) is 0 Å². The maximum absolute atomic E-state index is 3.59. The fourth-order valence-corrected chi connectivity index (χ4v) is 2.09. The van der Waals surface area contributed by atoms with Gasteiger partial charge in [-0.2, -0.15) is 0 Å². The molecule has 2 heteroatoms. The maximum atomic E-state index is 3.59. The van der Waals surface area contributed by atoms with E-state index < -0.39 is 0 Å². The molecular weight excluding hydrogens is 262 g/mol. The van der Waals surface area contributed by atoms with Crippen LogP contribution in [0, 0.1) is 5.92 Å². The molecule has 1 saturated carbocycles. The first-order valence-electron chi connectivity index (χ1n) is 6.22. The summed E-state index contributed by atoms with van der Waals surface area (Å²) in [5.74, 6) is 0.782. The summed E-state index contributed by atoms with van der Waals surface area (Å²) in [6, 6.07) is 9.52. The molecule has 1 atom stereocenters. The van der Waals surface area contributed by atoms with E-state index in [1.165, 1.54) is 42.3 Å². The minimum Gasteiger partial charge on any atom is -0.314 e. The number of halogens is 1. The lowest BCUT2D eigenvalue weighted by atomic mass is 10.0. The van der Waals surface area contributed by atoms with Crippen molar-refractivity contribution in [3.8, 4) is 0 Å². The molecular formula is C14H20BrN.